The molecule has 4 rings (SSSR count). The van der Waals surface area contributed by atoms with Crippen LogP contribution in [0.5, 0.6) is 0 Å². The lowest BCUT2D eigenvalue weighted by molar-refractivity contribution is 0.104. The van der Waals surface area contributed by atoms with Crippen LogP contribution in [0.25, 0.3) is 0 Å². The van der Waals surface area contributed by atoms with Gasteiger partial charge in [-0.05, 0) is 49.4 Å². The van der Waals surface area contributed by atoms with Gasteiger partial charge in [0.1, 0.15) is 10.7 Å². The molecule has 0 atom stereocenters. The Hall–Kier alpha value is -2.90. The minimum Gasteiger partial charge on any atom is -0.382 e. The van der Waals surface area contributed by atoms with Crippen LogP contribution in [-0.2, 0) is 6.42 Å². The van der Waals surface area contributed by atoms with Gasteiger partial charge in [-0.15, -0.1) is 0 Å². The summed E-state index contributed by atoms with van der Waals surface area (Å²) in [6.07, 6.45) is 0.885. The Balaban J connectivity index is 1.46. The van der Waals surface area contributed by atoms with Crippen LogP contribution < -0.4 is 16.0 Å². The summed E-state index contributed by atoms with van der Waals surface area (Å²) in [6.45, 7) is 6.31. The molecule has 1 fully saturated rings. The lowest BCUT2D eigenvalue weighted by atomic mass is 10.1. The van der Waals surface area contributed by atoms with Crippen molar-refractivity contribution in [2.75, 3.05) is 49.2 Å². The van der Waals surface area contributed by atoms with Crippen molar-refractivity contribution in [1.29, 1.82) is 0 Å². The number of nitrogens with one attached hydrogen (secondary N) is 1. The third-order valence-electron chi connectivity index (χ3n) is 5.44. The maximum absolute atomic E-state index is 12.9. The van der Waals surface area contributed by atoms with Gasteiger partial charge in [-0.1, -0.05) is 36.5 Å². The first kappa shape index (κ1) is 20.4. The monoisotopic (exact) mass is 421 g/mol. The molecule has 0 spiro atoms. The van der Waals surface area contributed by atoms with Gasteiger partial charge < -0.3 is 20.9 Å². The molecule has 7 heteroatoms. The lowest BCUT2D eigenvalue weighted by Crippen LogP contribution is -2.44. The highest BCUT2D eigenvalue weighted by atomic mass is 32.1. The predicted molar refractivity (Wildman–Crippen MR) is 125 cm³/mol. The number of benzene rings is 2. The van der Waals surface area contributed by atoms with Gasteiger partial charge in [-0.25, -0.2) is 4.98 Å². The molecule has 3 N–H and O–H groups in total. The molecule has 3 aromatic rings. The van der Waals surface area contributed by atoms with Gasteiger partial charge in [0, 0.05) is 43.1 Å². The smallest absolute Gasteiger partial charge is 0.206 e. The van der Waals surface area contributed by atoms with Crippen molar-refractivity contribution in [2.24, 2.45) is 0 Å². The van der Waals surface area contributed by atoms with Gasteiger partial charge >= 0.3 is 0 Å². The number of aryl methyl sites for hydroxylation is 1. The summed E-state index contributed by atoms with van der Waals surface area (Å²) in [5, 5.41) is 3.90. The van der Waals surface area contributed by atoms with E-state index in [1.165, 1.54) is 17.0 Å². The number of carbonyl (C=O) groups excluding carboxylic acids is 1. The van der Waals surface area contributed by atoms with E-state index < -0.39 is 0 Å². The van der Waals surface area contributed by atoms with Gasteiger partial charge in [-0.2, -0.15) is 0 Å². The second-order valence-corrected chi connectivity index (χ2v) is 8.58. The molecule has 30 heavy (non-hydrogen) atoms. The summed E-state index contributed by atoms with van der Waals surface area (Å²) in [7, 11) is 2.16. The Morgan fingerprint density at radius 2 is 1.87 bits per heavy atom. The van der Waals surface area contributed by atoms with Crippen molar-refractivity contribution >= 4 is 39.4 Å². The molecule has 0 amide bonds. The molecule has 2 heterocycles. The fraction of sp³-hybridized carbons (Fsp3) is 0.304. The normalized spacial score (nSPS) is 14.7. The number of anilines is 4. The summed E-state index contributed by atoms with van der Waals surface area (Å²) in [5.74, 6) is 0.183. The summed E-state index contributed by atoms with van der Waals surface area (Å²) >= 11 is 1.29. The summed E-state index contributed by atoms with van der Waals surface area (Å²) in [5.41, 5.74) is 9.98. The van der Waals surface area contributed by atoms with Crippen molar-refractivity contribution in [2.45, 2.75) is 13.3 Å². The first-order valence-corrected chi connectivity index (χ1v) is 11.1. The number of aromatic nitrogens is 1. The number of hydrogen-bond donors (Lipinski definition) is 2. The molecule has 1 aliphatic rings. The zero-order chi connectivity index (χ0) is 21.1. The van der Waals surface area contributed by atoms with Crippen LogP contribution in [0.15, 0.2) is 48.5 Å². The fourth-order valence-corrected chi connectivity index (χ4v) is 4.42. The number of thiazole rings is 1. The Kier molecular flexibility index (Phi) is 6.01. The van der Waals surface area contributed by atoms with Crippen molar-refractivity contribution in [3.63, 3.8) is 0 Å². The van der Waals surface area contributed by atoms with Crippen molar-refractivity contribution < 1.29 is 4.79 Å². The number of likely N-dealkylation sites (N-methyl/N-ethyl adjacent to an activating group) is 1. The number of piperazine rings is 1. The second-order valence-electron chi connectivity index (χ2n) is 7.58. The topological polar surface area (TPSA) is 74.5 Å². The fourth-order valence-electron chi connectivity index (χ4n) is 3.56. The zero-order valence-electron chi connectivity index (χ0n) is 17.4. The van der Waals surface area contributed by atoms with Gasteiger partial charge in [0.25, 0.3) is 0 Å². The van der Waals surface area contributed by atoms with Crippen LogP contribution in [0.2, 0.25) is 0 Å². The predicted octanol–water partition coefficient (Wildman–Crippen LogP) is 4.01. The molecule has 0 radical (unpaired) electrons. The van der Waals surface area contributed by atoms with E-state index in [-0.39, 0.29) is 11.6 Å². The zero-order valence-corrected chi connectivity index (χ0v) is 18.2. The standard InChI is InChI=1S/C23H27N5OS/c1-3-16-5-4-6-17(15-16)20(29)21-22(24)26-23(30-21)25-18-7-9-19(10-8-18)28-13-11-27(2)12-14-28/h4-10,15H,3,11-14,24H2,1-2H3,(H,25,26). The van der Waals surface area contributed by atoms with Crippen LogP contribution in [0.3, 0.4) is 0 Å². The Labute approximate surface area is 181 Å². The van der Waals surface area contributed by atoms with E-state index >= 15 is 0 Å². The van der Waals surface area contributed by atoms with E-state index in [9.17, 15) is 4.79 Å². The molecule has 0 bridgehead atoms. The van der Waals surface area contributed by atoms with E-state index in [1.807, 2.05) is 36.4 Å². The summed E-state index contributed by atoms with van der Waals surface area (Å²) in [4.78, 5) is 22.5. The molecule has 1 aromatic heterocycles. The van der Waals surface area contributed by atoms with Crippen molar-refractivity contribution in [1.82, 2.24) is 9.88 Å². The highest BCUT2D eigenvalue weighted by Gasteiger charge is 2.19. The van der Waals surface area contributed by atoms with E-state index in [4.69, 9.17) is 5.73 Å². The second kappa shape index (κ2) is 8.85. The average molecular weight is 422 g/mol. The van der Waals surface area contributed by atoms with E-state index in [1.54, 1.807) is 0 Å². The molecular weight excluding hydrogens is 394 g/mol. The molecule has 6 nitrogen and oxygen atoms in total. The quantitative estimate of drug-likeness (QED) is 0.586. The van der Waals surface area contributed by atoms with Crippen molar-refractivity contribution in [3.8, 4) is 0 Å². The summed E-state index contributed by atoms with van der Waals surface area (Å²) < 4.78 is 0. The van der Waals surface area contributed by atoms with Crippen LogP contribution >= 0.6 is 11.3 Å². The highest BCUT2D eigenvalue weighted by Crippen LogP contribution is 2.30. The van der Waals surface area contributed by atoms with Gasteiger partial charge in [0.2, 0.25) is 5.78 Å². The average Bonchev–Trinajstić information content (AvgIpc) is 3.14. The van der Waals surface area contributed by atoms with Crippen LogP contribution in [0.1, 0.15) is 27.7 Å². The van der Waals surface area contributed by atoms with Gasteiger partial charge in [0.05, 0.1) is 0 Å². The maximum atomic E-state index is 12.9. The number of carbonyl (C=O) groups is 1. The Bertz CT molecular complexity index is 1020. The van der Waals surface area contributed by atoms with E-state index in [2.05, 4.69) is 46.2 Å². The molecule has 0 aliphatic carbocycles. The minimum absolute atomic E-state index is 0.0845. The molecule has 1 aliphatic heterocycles. The number of rotatable bonds is 6. The highest BCUT2D eigenvalue weighted by molar-refractivity contribution is 7.18. The first-order chi connectivity index (χ1) is 14.5. The molecule has 2 aromatic carbocycles. The molecular formula is C23H27N5OS. The largest absolute Gasteiger partial charge is 0.382 e. The number of nitrogens with zero attached hydrogens (tertiary/aromatic N) is 3. The molecule has 0 saturated carbocycles. The number of ketones is 1. The number of hydrogen-bond acceptors (Lipinski definition) is 7. The minimum atomic E-state index is -0.0845. The van der Waals surface area contributed by atoms with E-state index in [0.717, 1.165) is 43.9 Å². The van der Waals surface area contributed by atoms with Crippen molar-refractivity contribution in [3.05, 3.63) is 64.5 Å². The lowest BCUT2D eigenvalue weighted by Gasteiger charge is -2.34. The van der Waals surface area contributed by atoms with Gasteiger partial charge in [0.15, 0.2) is 5.13 Å². The van der Waals surface area contributed by atoms with Crippen LogP contribution in [-0.4, -0.2) is 48.9 Å². The maximum Gasteiger partial charge on any atom is 0.206 e. The third-order valence-corrected chi connectivity index (χ3v) is 6.43. The third kappa shape index (κ3) is 4.47. The summed E-state index contributed by atoms with van der Waals surface area (Å²) in [6, 6.07) is 16.0. The molecule has 0 unspecified atom stereocenters. The molecule has 156 valence electrons. The number of nitrogen functional groups attached to an aromatic ring is 1. The Morgan fingerprint density at radius 3 is 2.57 bits per heavy atom. The van der Waals surface area contributed by atoms with Gasteiger partial charge in [-0.3, -0.25) is 4.79 Å². The first-order valence-electron chi connectivity index (χ1n) is 10.2. The molecule has 1 saturated heterocycles. The number of nitrogens with two attached hydrogens (primary N) is 1. The van der Waals surface area contributed by atoms with Crippen LogP contribution in [0, 0.1) is 0 Å². The SMILES string of the molecule is CCc1cccc(C(=O)c2sc(Nc3ccc(N4CCN(C)CC4)cc3)nc2N)c1. The Morgan fingerprint density at radius 1 is 1.13 bits per heavy atom. The van der Waals surface area contributed by atoms with Crippen LogP contribution in [0.4, 0.5) is 22.3 Å². The van der Waals surface area contributed by atoms with E-state index in [0.29, 0.717) is 15.6 Å².